The predicted octanol–water partition coefficient (Wildman–Crippen LogP) is 5.25. The first-order chi connectivity index (χ1) is 18.6. The minimum atomic E-state index is -1.04. The Hall–Kier alpha value is -2.22. The maximum atomic E-state index is 14.2. The average molecular weight is 559 g/mol. The topological polar surface area (TPSA) is 105 Å². The van der Waals surface area contributed by atoms with Crippen molar-refractivity contribution in [3.05, 3.63) is 11.6 Å². The molecule has 0 aromatic rings. The van der Waals surface area contributed by atoms with E-state index in [9.17, 15) is 19.2 Å². The van der Waals surface area contributed by atoms with Gasteiger partial charge in [-0.25, -0.2) is 4.79 Å². The molecule has 3 aliphatic heterocycles. The first-order valence-electron chi connectivity index (χ1n) is 15.1. The van der Waals surface area contributed by atoms with E-state index in [0.29, 0.717) is 18.4 Å². The lowest BCUT2D eigenvalue weighted by atomic mass is 9.57. The van der Waals surface area contributed by atoms with Gasteiger partial charge in [-0.15, -0.1) is 0 Å². The Balaban J connectivity index is 1.52. The largest absolute Gasteiger partial charge is 0.458 e. The zero-order valence-corrected chi connectivity index (χ0v) is 25.2. The maximum absolute atomic E-state index is 14.2. The Morgan fingerprint density at radius 3 is 2.50 bits per heavy atom. The van der Waals surface area contributed by atoms with E-state index in [1.165, 1.54) is 6.92 Å². The molecular weight excluding hydrogens is 512 g/mol. The summed E-state index contributed by atoms with van der Waals surface area (Å²) in [6.45, 7) is 13.9. The Bertz CT molecular complexity index is 1120. The highest BCUT2D eigenvalue weighted by atomic mass is 16.6. The summed E-state index contributed by atoms with van der Waals surface area (Å²) in [7, 11) is 0. The highest BCUT2D eigenvalue weighted by Gasteiger charge is 2.67. The molecule has 2 aliphatic carbocycles. The molecule has 0 N–H and O–H groups in total. The molecule has 8 heteroatoms. The van der Waals surface area contributed by atoms with Crippen molar-refractivity contribution in [1.82, 2.24) is 0 Å². The number of ether oxygens (including phenoxy) is 4. The number of rotatable bonds is 3. The van der Waals surface area contributed by atoms with Gasteiger partial charge in [-0.2, -0.15) is 0 Å². The first kappa shape index (κ1) is 29.3. The van der Waals surface area contributed by atoms with Crippen molar-refractivity contribution in [2.24, 2.45) is 28.6 Å². The second-order valence-corrected chi connectivity index (χ2v) is 14.3. The molecule has 0 aromatic carbocycles. The number of hydrogen-bond donors (Lipinski definition) is 0. The van der Waals surface area contributed by atoms with Crippen LogP contribution >= 0.6 is 0 Å². The highest BCUT2D eigenvalue weighted by molar-refractivity contribution is 5.89. The Morgan fingerprint density at radius 2 is 1.82 bits per heavy atom. The van der Waals surface area contributed by atoms with Crippen molar-refractivity contribution < 1.29 is 38.1 Å². The fraction of sp³-hybridized carbons (Fsp3) is 0.812. The van der Waals surface area contributed by atoms with Gasteiger partial charge in [-0.3, -0.25) is 14.4 Å². The van der Waals surface area contributed by atoms with E-state index in [2.05, 4.69) is 20.8 Å². The SMILES string of the molecule is CC(=O)O[C@@H]1C[C@]2(C)[C@@H]([C@H](C)[C@H]3CC=C(C)C(=O)O3)CC[C@@]2(C)CCC[C@H]2C(C)(C)O[C@@H]3CC(=O)O[C@]32CC1=O. The summed E-state index contributed by atoms with van der Waals surface area (Å²) in [5.41, 5.74) is -1.42. The van der Waals surface area contributed by atoms with Crippen molar-refractivity contribution in [3.8, 4) is 0 Å². The molecule has 5 rings (SSSR count). The summed E-state index contributed by atoms with van der Waals surface area (Å²) in [6.07, 6.45) is 6.01. The van der Waals surface area contributed by atoms with Gasteiger partial charge in [-0.05, 0) is 75.5 Å². The predicted molar refractivity (Wildman–Crippen MR) is 146 cm³/mol. The quantitative estimate of drug-likeness (QED) is 0.342. The maximum Gasteiger partial charge on any atom is 0.333 e. The lowest BCUT2D eigenvalue weighted by Crippen LogP contribution is -2.49. The standard InChI is InChI=1S/C32H46O8/c1-18-10-11-23(38-28(18)36)19(2)21-12-14-30(6)13-8-9-25-29(4,5)39-26-15-27(35)40-32(25,26)16-22(34)24(37-20(3)33)17-31(21,30)7/h10,19,21,23-26H,8-9,11-17H2,1-7H3/t19-,21+,23+,24+,25-,26+,30+,31+,32-/m0/s1. The van der Waals surface area contributed by atoms with Gasteiger partial charge in [0.05, 0.1) is 18.4 Å². The number of ketones is 1. The van der Waals surface area contributed by atoms with Crippen LogP contribution in [-0.4, -0.2) is 53.2 Å². The number of carbonyl (C=O) groups excluding carboxylic acids is 4. The molecule has 8 nitrogen and oxygen atoms in total. The summed E-state index contributed by atoms with van der Waals surface area (Å²) in [5, 5.41) is 0. The minimum Gasteiger partial charge on any atom is -0.458 e. The molecule has 0 amide bonds. The van der Waals surface area contributed by atoms with Gasteiger partial charge in [0.1, 0.15) is 12.2 Å². The second-order valence-electron chi connectivity index (χ2n) is 14.3. The first-order valence-corrected chi connectivity index (χ1v) is 15.1. The van der Waals surface area contributed by atoms with Crippen LogP contribution in [0.4, 0.5) is 0 Å². The third-order valence-electron chi connectivity index (χ3n) is 11.7. The van der Waals surface area contributed by atoms with Crippen molar-refractivity contribution in [2.45, 2.75) is 136 Å². The molecule has 40 heavy (non-hydrogen) atoms. The molecule has 0 aromatic heterocycles. The van der Waals surface area contributed by atoms with E-state index in [4.69, 9.17) is 18.9 Å². The normalized spacial score (nSPS) is 43.8. The number of hydrogen-bond acceptors (Lipinski definition) is 8. The zero-order valence-electron chi connectivity index (χ0n) is 25.2. The fourth-order valence-corrected chi connectivity index (χ4v) is 9.28. The molecule has 2 saturated heterocycles. The van der Waals surface area contributed by atoms with Crippen LogP contribution in [0, 0.1) is 28.6 Å². The monoisotopic (exact) mass is 558 g/mol. The summed E-state index contributed by atoms with van der Waals surface area (Å²) < 4.78 is 24.1. The number of cyclic esters (lactones) is 1. The Morgan fingerprint density at radius 1 is 1.10 bits per heavy atom. The lowest BCUT2D eigenvalue weighted by molar-refractivity contribution is -0.164. The molecule has 1 spiro atoms. The summed E-state index contributed by atoms with van der Waals surface area (Å²) in [5.74, 6) is -1.22. The number of fused-ring (bicyclic) bond motifs is 1. The van der Waals surface area contributed by atoms with Gasteiger partial charge in [0.2, 0.25) is 0 Å². The smallest absolute Gasteiger partial charge is 0.333 e. The second kappa shape index (κ2) is 9.95. The van der Waals surface area contributed by atoms with Gasteiger partial charge in [-0.1, -0.05) is 33.3 Å². The Kier molecular flexibility index (Phi) is 7.29. The minimum absolute atomic E-state index is 0.0211. The number of esters is 3. The van der Waals surface area contributed by atoms with Gasteiger partial charge in [0.15, 0.2) is 17.5 Å². The summed E-state index contributed by atoms with van der Waals surface area (Å²) in [6, 6.07) is 0. The van der Waals surface area contributed by atoms with Crippen LogP contribution in [0.1, 0.15) is 106 Å². The van der Waals surface area contributed by atoms with Crippen molar-refractivity contribution in [1.29, 1.82) is 0 Å². The van der Waals surface area contributed by atoms with Crippen LogP contribution in [0.3, 0.4) is 0 Å². The van der Waals surface area contributed by atoms with Crippen LogP contribution in [0.15, 0.2) is 11.6 Å². The lowest BCUT2D eigenvalue weighted by Gasteiger charge is -2.49. The third-order valence-corrected chi connectivity index (χ3v) is 11.7. The third kappa shape index (κ3) is 4.62. The van der Waals surface area contributed by atoms with E-state index in [-0.39, 0.29) is 65.3 Å². The average Bonchev–Trinajstić information content (AvgIpc) is 3.35. The molecule has 4 fully saturated rings. The van der Waals surface area contributed by atoms with Crippen LogP contribution in [0.25, 0.3) is 0 Å². The van der Waals surface area contributed by atoms with Crippen molar-refractivity contribution in [3.63, 3.8) is 0 Å². The zero-order chi connectivity index (χ0) is 29.3. The molecule has 0 bridgehead atoms. The van der Waals surface area contributed by atoms with Gasteiger partial charge in [0.25, 0.3) is 0 Å². The van der Waals surface area contributed by atoms with Gasteiger partial charge < -0.3 is 18.9 Å². The molecule has 5 aliphatic rings. The van der Waals surface area contributed by atoms with E-state index >= 15 is 0 Å². The van der Waals surface area contributed by atoms with Crippen molar-refractivity contribution in [2.75, 3.05) is 0 Å². The molecule has 2 saturated carbocycles. The summed E-state index contributed by atoms with van der Waals surface area (Å²) in [4.78, 5) is 51.5. The van der Waals surface area contributed by atoms with Crippen LogP contribution < -0.4 is 0 Å². The number of Topliss-reactive ketones (excluding diaryl/α,β-unsaturated/α-hetero) is 1. The van der Waals surface area contributed by atoms with E-state index in [0.717, 1.165) is 32.1 Å². The molecule has 222 valence electrons. The van der Waals surface area contributed by atoms with Gasteiger partial charge in [0, 0.05) is 24.8 Å². The fourth-order valence-electron chi connectivity index (χ4n) is 9.28. The highest BCUT2D eigenvalue weighted by Crippen LogP contribution is 2.64. The van der Waals surface area contributed by atoms with E-state index in [1.807, 2.05) is 19.9 Å². The Labute approximate surface area is 237 Å². The van der Waals surface area contributed by atoms with Crippen LogP contribution in [0.5, 0.6) is 0 Å². The van der Waals surface area contributed by atoms with Crippen LogP contribution in [0.2, 0.25) is 0 Å². The number of carbonyl (C=O) groups is 4. The molecule has 9 atom stereocenters. The van der Waals surface area contributed by atoms with Crippen molar-refractivity contribution >= 4 is 23.7 Å². The molecule has 0 unspecified atom stereocenters. The van der Waals surface area contributed by atoms with E-state index in [1.54, 1.807) is 6.92 Å². The molecular formula is C32H46O8. The molecule has 3 heterocycles. The summed E-state index contributed by atoms with van der Waals surface area (Å²) >= 11 is 0. The van der Waals surface area contributed by atoms with Crippen LogP contribution in [-0.2, 0) is 38.1 Å². The van der Waals surface area contributed by atoms with Gasteiger partial charge >= 0.3 is 17.9 Å². The van der Waals surface area contributed by atoms with E-state index < -0.39 is 29.4 Å². The molecule has 0 radical (unpaired) electrons.